The molecular formula is C14H11N3O7. The average Bonchev–Trinajstić information content (AvgIpc) is 3.03. The lowest BCUT2D eigenvalue weighted by atomic mass is 10.2. The number of furan rings is 1. The number of ether oxygens (including phenoxy) is 1. The van der Waals surface area contributed by atoms with Crippen molar-refractivity contribution in [2.75, 3.05) is 11.9 Å². The Labute approximate surface area is 134 Å². The van der Waals surface area contributed by atoms with E-state index in [2.05, 4.69) is 14.5 Å². The molecule has 2 aromatic rings. The summed E-state index contributed by atoms with van der Waals surface area (Å²) in [5.41, 5.74) is 5.73. The topological polar surface area (TPSA) is 155 Å². The molecule has 10 nitrogen and oxygen atoms in total. The molecule has 0 spiro atoms. The second kappa shape index (κ2) is 7.05. The zero-order valence-corrected chi connectivity index (χ0v) is 12.1. The van der Waals surface area contributed by atoms with Crippen LogP contribution in [0.25, 0.3) is 0 Å². The van der Waals surface area contributed by atoms with Crippen LogP contribution in [-0.2, 0) is 9.53 Å². The average molecular weight is 333 g/mol. The molecule has 0 atom stereocenters. The smallest absolute Gasteiger partial charge is 0.433 e. The lowest BCUT2D eigenvalue weighted by molar-refractivity contribution is -0.402. The highest BCUT2D eigenvalue weighted by Gasteiger charge is 2.19. The SMILES string of the molecule is NC(=O)c1ccc(NC(=O)COC(=O)c2ccc([N+](=O)[O-])o2)cc1. The van der Waals surface area contributed by atoms with Crippen LogP contribution in [-0.4, -0.2) is 29.3 Å². The predicted octanol–water partition coefficient (Wildman–Crippen LogP) is 1.08. The second-order valence-corrected chi connectivity index (χ2v) is 4.46. The van der Waals surface area contributed by atoms with Crippen LogP contribution in [0.3, 0.4) is 0 Å². The maximum atomic E-state index is 11.7. The van der Waals surface area contributed by atoms with Gasteiger partial charge >= 0.3 is 11.9 Å². The van der Waals surface area contributed by atoms with Crippen LogP contribution in [0.1, 0.15) is 20.9 Å². The Morgan fingerprint density at radius 2 is 1.83 bits per heavy atom. The molecule has 0 saturated carbocycles. The number of nitro groups is 1. The van der Waals surface area contributed by atoms with Crippen LogP contribution >= 0.6 is 0 Å². The van der Waals surface area contributed by atoms with Gasteiger partial charge in [-0.1, -0.05) is 0 Å². The maximum absolute atomic E-state index is 11.7. The van der Waals surface area contributed by atoms with Crippen molar-refractivity contribution in [1.82, 2.24) is 0 Å². The van der Waals surface area contributed by atoms with E-state index >= 15 is 0 Å². The van der Waals surface area contributed by atoms with Crippen molar-refractivity contribution in [1.29, 1.82) is 0 Å². The van der Waals surface area contributed by atoms with Crippen LogP contribution in [0.2, 0.25) is 0 Å². The summed E-state index contributed by atoms with van der Waals surface area (Å²) in [7, 11) is 0. The first-order valence-corrected chi connectivity index (χ1v) is 6.48. The number of nitrogens with one attached hydrogen (secondary N) is 1. The molecule has 0 unspecified atom stereocenters. The highest BCUT2D eigenvalue weighted by atomic mass is 16.7. The zero-order chi connectivity index (χ0) is 17.7. The first kappa shape index (κ1) is 16.7. The van der Waals surface area contributed by atoms with E-state index in [0.29, 0.717) is 5.69 Å². The van der Waals surface area contributed by atoms with E-state index in [0.717, 1.165) is 12.1 Å². The Morgan fingerprint density at radius 1 is 1.17 bits per heavy atom. The molecule has 24 heavy (non-hydrogen) atoms. The molecule has 2 rings (SSSR count). The number of primary amides is 1. The minimum absolute atomic E-state index is 0.277. The van der Waals surface area contributed by atoms with Crippen molar-refractivity contribution in [2.24, 2.45) is 5.73 Å². The number of carbonyl (C=O) groups is 3. The van der Waals surface area contributed by atoms with Gasteiger partial charge in [-0.05, 0) is 30.3 Å². The number of nitrogens with two attached hydrogens (primary N) is 1. The minimum atomic E-state index is -1.01. The summed E-state index contributed by atoms with van der Waals surface area (Å²) in [6.07, 6.45) is 0. The molecule has 0 fully saturated rings. The Morgan fingerprint density at radius 3 is 2.38 bits per heavy atom. The summed E-state index contributed by atoms with van der Waals surface area (Å²) in [5, 5.41) is 12.9. The molecular weight excluding hydrogens is 322 g/mol. The third kappa shape index (κ3) is 4.16. The Kier molecular flexibility index (Phi) is 4.90. The van der Waals surface area contributed by atoms with Crippen LogP contribution in [0.5, 0.6) is 0 Å². The van der Waals surface area contributed by atoms with Crippen molar-refractivity contribution in [2.45, 2.75) is 0 Å². The molecule has 0 aliphatic heterocycles. The highest BCUT2D eigenvalue weighted by molar-refractivity contribution is 5.96. The Balaban J connectivity index is 1.86. The van der Waals surface area contributed by atoms with E-state index in [4.69, 9.17) is 5.73 Å². The maximum Gasteiger partial charge on any atom is 0.433 e. The number of carbonyl (C=O) groups excluding carboxylic acids is 3. The molecule has 2 amide bonds. The fourth-order valence-electron chi connectivity index (χ4n) is 1.65. The van der Waals surface area contributed by atoms with Gasteiger partial charge in [0.05, 0.1) is 6.07 Å². The quantitative estimate of drug-likeness (QED) is 0.455. The van der Waals surface area contributed by atoms with E-state index in [1.54, 1.807) is 0 Å². The van der Waals surface area contributed by atoms with E-state index in [1.807, 2.05) is 0 Å². The molecule has 3 N–H and O–H groups in total. The number of anilines is 1. The number of rotatable bonds is 6. The molecule has 1 aromatic heterocycles. The number of nitrogens with zero attached hydrogens (tertiary/aromatic N) is 1. The molecule has 1 aromatic carbocycles. The Bertz CT molecular complexity index is 795. The summed E-state index contributed by atoms with van der Waals surface area (Å²) in [5.74, 6) is -3.26. The van der Waals surface area contributed by atoms with Gasteiger partial charge in [-0.2, -0.15) is 0 Å². The molecule has 0 radical (unpaired) electrons. The van der Waals surface area contributed by atoms with Crippen molar-refractivity contribution in [3.8, 4) is 0 Å². The molecule has 0 saturated heterocycles. The zero-order valence-electron chi connectivity index (χ0n) is 12.1. The molecule has 124 valence electrons. The van der Waals surface area contributed by atoms with Crippen molar-refractivity contribution in [3.63, 3.8) is 0 Å². The van der Waals surface area contributed by atoms with Crippen molar-refractivity contribution >= 4 is 29.4 Å². The van der Waals surface area contributed by atoms with Gasteiger partial charge in [-0.3, -0.25) is 19.7 Å². The largest absolute Gasteiger partial charge is 0.450 e. The first-order chi connectivity index (χ1) is 11.4. The van der Waals surface area contributed by atoms with Gasteiger partial charge in [0.2, 0.25) is 11.7 Å². The molecule has 1 heterocycles. The van der Waals surface area contributed by atoms with E-state index in [9.17, 15) is 24.5 Å². The molecule has 0 aliphatic rings. The van der Waals surface area contributed by atoms with Gasteiger partial charge in [0.15, 0.2) is 6.61 Å². The second-order valence-electron chi connectivity index (χ2n) is 4.46. The summed E-state index contributed by atoms with van der Waals surface area (Å²) in [6, 6.07) is 7.82. The summed E-state index contributed by atoms with van der Waals surface area (Å²) >= 11 is 0. The van der Waals surface area contributed by atoms with E-state index in [-0.39, 0.29) is 11.3 Å². The lowest BCUT2D eigenvalue weighted by Crippen LogP contribution is -2.20. The fraction of sp³-hybridized carbons (Fsp3) is 0.0714. The summed E-state index contributed by atoms with van der Waals surface area (Å²) in [4.78, 5) is 43.8. The van der Waals surface area contributed by atoms with Gasteiger partial charge in [-0.15, -0.1) is 0 Å². The summed E-state index contributed by atoms with van der Waals surface area (Å²) in [6.45, 7) is -0.620. The van der Waals surface area contributed by atoms with E-state index in [1.165, 1.54) is 24.3 Å². The van der Waals surface area contributed by atoms with Crippen molar-refractivity contribution < 1.29 is 28.5 Å². The monoisotopic (exact) mass is 333 g/mol. The molecule has 0 aliphatic carbocycles. The number of hydrogen-bond donors (Lipinski definition) is 2. The highest BCUT2D eigenvalue weighted by Crippen LogP contribution is 2.16. The van der Waals surface area contributed by atoms with Gasteiger partial charge in [0.25, 0.3) is 5.91 Å². The van der Waals surface area contributed by atoms with Gasteiger partial charge in [0, 0.05) is 11.3 Å². The number of benzene rings is 1. The molecule has 10 heteroatoms. The first-order valence-electron chi connectivity index (χ1n) is 6.48. The summed E-state index contributed by atoms with van der Waals surface area (Å²) < 4.78 is 9.32. The van der Waals surface area contributed by atoms with Crippen molar-refractivity contribution in [3.05, 3.63) is 57.8 Å². The van der Waals surface area contributed by atoms with Gasteiger partial charge < -0.3 is 20.2 Å². The minimum Gasteiger partial charge on any atom is -0.450 e. The standard InChI is InChI=1S/C14H11N3O7/c15-13(19)8-1-3-9(4-2-8)16-11(18)7-23-14(20)10-5-6-12(24-10)17(21)22/h1-6H,7H2,(H2,15,19)(H,16,18). The number of amides is 2. The van der Waals surface area contributed by atoms with Crippen LogP contribution in [0.15, 0.2) is 40.8 Å². The third-order valence-electron chi connectivity index (χ3n) is 2.76. The normalized spacial score (nSPS) is 10.0. The van der Waals surface area contributed by atoms with E-state index < -0.39 is 35.2 Å². The van der Waals surface area contributed by atoms with Gasteiger partial charge in [0.1, 0.15) is 4.92 Å². The predicted molar refractivity (Wildman–Crippen MR) is 79.2 cm³/mol. The van der Waals surface area contributed by atoms with Crippen LogP contribution < -0.4 is 11.1 Å². The third-order valence-corrected chi connectivity index (χ3v) is 2.76. The number of esters is 1. The Hall–Kier alpha value is -3.69. The molecule has 0 bridgehead atoms. The fourth-order valence-corrected chi connectivity index (χ4v) is 1.65. The van der Waals surface area contributed by atoms with Crippen LogP contribution in [0.4, 0.5) is 11.6 Å². The lowest BCUT2D eigenvalue weighted by Gasteiger charge is -2.06. The van der Waals surface area contributed by atoms with Crippen LogP contribution in [0, 0.1) is 10.1 Å². The van der Waals surface area contributed by atoms with Gasteiger partial charge in [-0.25, -0.2) is 4.79 Å². The number of hydrogen-bond acceptors (Lipinski definition) is 7.